The second kappa shape index (κ2) is 7.84. The van der Waals surface area contributed by atoms with Crippen LogP contribution in [0.5, 0.6) is 10.8 Å². The molecule has 28 heavy (non-hydrogen) atoms. The van der Waals surface area contributed by atoms with Gasteiger partial charge in [0.25, 0.3) is 5.91 Å². The van der Waals surface area contributed by atoms with Gasteiger partial charge in [0.05, 0.1) is 28.1 Å². The highest BCUT2D eigenvalue weighted by atomic mass is 32.1. The highest BCUT2D eigenvalue weighted by Gasteiger charge is 2.30. The van der Waals surface area contributed by atoms with E-state index in [0.29, 0.717) is 28.1 Å². The van der Waals surface area contributed by atoms with Gasteiger partial charge in [-0.25, -0.2) is 14.4 Å². The van der Waals surface area contributed by atoms with E-state index in [9.17, 15) is 4.79 Å². The van der Waals surface area contributed by atoms with Gasteiger partial charge in [0, 0.05) is 19.8 Å². The number of carbonyl (C=O) groups excluding carboxylic acids is 1. The lowest BCUT2D eigenvalue weighted by atomic mass is 9.93. The number of aryl methyl sites for hydroxylation is 1. The van der Waals surface area contributed by atoms with Crippen LogP contribution in [0.15, 0.2) is 24.5 Å². The van der Waals surface area contributed by atoms with Crippen LogP contribution in [0.3, 0.4) is 0 Å². The molecule has 0 saturated heterocycles. The molecule has 0 saturated carbocycles. The van der Waals surface area contributed by atoms with Crippen molar-refractivity contribution in [1.29, 1.82) is 0 Å². The topological polar surface area (TPSA) is 114 Å². The van der Waals surface area contributed by atoms with Gasteiger partial charge in [0.2, 0.25) is 0 Å². The van der Waals surface area contributed by atoms with Gasteiger partial charge in [-0.15, -0.1) is 0 Å². The molecule has 0 aromatic carbocycles. The number of nitrogens with two attached hydrogens (primary N) is 1. The normalized spacial score (nSPS) is 12.5. The number of hydrazine groups is 1. The Labute approximate surface area is 169 Å². The summed E-state index contributed by atoms with van der Waals surface area (Å²) >= 11 is 2.67. The average Bonchev–Trinajstić information content (AvgIpc) is 3.28. The number of aliphatic hydroxyl groups is 1. The molecular weight excluding hydrogens is 398 g/mol. The van der Waals surface area contributed by atoms with Crippen LogP contribution in [-0.4, -0.2) is 45.6 Å². The molecule has 1 aliphatic rings. The first kappa shape index (κ1) is 18.8. The number of carbonyl (C=O) groups is 1. The van der Waals surface area contributed by atoms with Gasteiger partial charge in [-0.05, 0) is 47.6 Å². The highest BCUT2D eigenvalue weighted by molar-refractivity contribution is 7.17. The van der Waals surface area contributed by atoms with Gasteiger partial charge < -0.3 is 21.0 Å². The molecule has 3 aromatic rings. The number of primary amides is 1. The van der Waals surface area contributed by atoms with Crippen LogP contribution in [0.1, 0.15) is 20.8 Å². The number of nitrogens with one attached hydrogen (secondary N) is 1. The molecule has 0 bridgehead atoms. The summed E-state index contributed by atoms with van der Waals surface area (Å²) in [5.74, 6) is 0.764. The van der Waals surface area contributed by atoms with Gasteiger partial charge in [0.1, 0.15) is 11.6 Å². The van der Waals surface area contributed by atoms with Crippen LogP contribution in [0.25, 0.3) is 10.4 Å². The van der Waals surface area contributed by atoms with E-state index in [2.05, 4.69) is 14.8 Å². The minimum Gasteiger partial charge on any atom is -0.444 e. The van der Waals surface area contributed by atoms with Crippen molar-refractivity contribution < 1.29 is 14.6 Å². The second-order valence-electron chi connectivity index (χ2n) is 6.35. The number of fused-ring (bicyclic) bond motifs is 3. The quantitative estimate of drug-likeness (QED) is 0.506. The number of likely N-dealkylation sites (N-methyl/N-ethyl adjacent to an activating group) is 1. The minimum atomic E-state index is -0.436. The summed E-state index contributed by atoms with van der Waals surface area (Å²) in [6.45, 7) is 0.532. The van der Waals surface area contributed by atoms with Crippen molar-refractivity contribution in [2.75, 3.05) is 25.6 Å². The maximum absolute atomic E-state index is 11.9. The lowest BCUT2D eigenvalue weighted by Crippen LogP contribution is -2.28. The standard InChI is InChI=1S/C18H19N5O3S2/c1-23(6-7-24)22-13-5-3-11(9-20-13)26-18-14-12(16(27-18)17(19)25)4-2-10-8-21-28-15(10)14/h3,5,8-9,24H,2,4,6-7H2,1H3,(H2,19,25)(H,20,22). The third-order valence-electron chi connectivity index (χ3n) is 4.40. The summed E-state index contributed by atoms with van der Waals surface area (Å²) < 4.78 is 10.4. The third kappa shape index (κ3) is 3.59. The molecule has 146 valence electrons. The zero-order chi connectivity index (χ0) is 19.7. The second-order valence-corrected chi connectivity index (χ2v) is 8.14. The number of ether oxygens (including phenoxy) is 1. The Morgan fingerprint density at radius 1 is 1.39 bits per heavy atom. The maximum Gasteiger partial charge on any atom is 0.259 e. The lowest BCUT2D eigenvalue weighted by Gasteiger charge is -2.17. The zero-order valence-corrected chi connectivity index (χ0v) is 16.8. The van der Waals surface area contributed by atoms with Crippen molar-refractivity contribution >= 4 is 34.6 Å². The van der Waals surface area contributed by atoms with Crippen LogP contribution >= 0.6 is 22.9 Å². The Kier molecular flexibility index (Phi) is 5.27. The predicted molar refractivity (Wildman–Crippen MR) is 109 cm³/mol. The van der Waals surface area contributed by atoms with E-state index in [-0.39, 0.29) is 6.61 Å². The molecule has 1 amide bonds. The molecule has 0 fully saturated rings. The van der Waals surface area contributed by atoms with E-state index in [4.69, 9.17) is 15.6 Å². The van der Waals surface area contributed by atoms with E-state index < -0.39 is 5.91 Å². The number of thiophene rings is 1. The van der Waals surface area contributed by atoms with E-state index in [1.54, 1.807) is 23.3 Å². The fourth-order valence-corrected chi connectivity index (χ4v) is 5.11. The van der Waals surface area contributed by atoms with Gasteiger partial charge in [-0.1, -0.05) is 11.3 Å². The van der Waals surface area contributed by atoms with E-state index in [1.807, 2.05) is 13.2 Å². The van der Waals surface area contributed by atoms with Crippen LogP contribution in [0.2, 0.25) is 0 Å². The first-order valence-corrected chi connectivity index (χ1v) is 10.3. The van der Waals surface area contributed by atoms with E-state index in [1.165, 1.54) is 28.4 Å². The Hall–Kier alpha value is -2.53. The minimum absolute atomic E-state index is 0.0515. The summed E-state index contributed by atoms with van der Waals surface area (Å²) in [6, 6.07) is 3.59. The van der Waals surface area contributed by atoms with Crippen molar-refractivity contribution in [1.82, 2.24) is 14.4 Å². The fourth-order valence-electron chi connectivity index (χ4n) is 3.10. The number of amides is 1. The number of rotatable bonds is 7. The molecule has 0 aliphatic heterocycles. The van der Waals surface area contributed by atoms with Crippen LogP contribution in [0.4, 0.5) is 5.82 Å². The number of aliphatic hydroxyl groups excluding tert-OH is 1. The molecule has 4 N–H and O–H groups in total. The number of nitrogens with zero attached hydrogens (tertiary/aromatic N) is 3. The summed E-state index contributed by atoms with van der Waals surface area (Å²) in [6.07, 6.45) is 5.08. The van der Waals surface area contributed by atoms with Gasteiger partial charge in [-0.2, -0.15) is 0 Å². The van der Waals surface area contributed by atoms with Gasteiger partial charge in [-0.3, -0.25) is 4.79 Å². The van der Waals surface area contributed by atoms with Crippen molar-refractivity contribution in [2.45, 2.75) is 12.8 Å². The van der Waals surface area contributed by atoms with Crippen molar-refractivity contribution in [2.24, 2.45) is 5.73 Å². The van der Waals surface area contributed by atoms with Gasteiger partial charge in [0.15, 0.2) is 5.06 Å². The predicted octanol–water partition coefficient (Wildman–Crippen LogP) is 2.51. The molecule has 3 heterocycles. The van der Waals surface area contributed by atoms with Crippen LogP contribution in [0, 0.1) is 0 Å². The molecule has 8 nitrogen and oxygen atoms in total. The molecule has 4 rings (SSSR count). The molecule has 0 atom stereocenters. The van der Waals surface area contributed by atoms with E-state index >= 15 is 0 Å². The Morgan fingerprint density at radius 3 is 2.96 bits per heavy atom. The average molecular weight is 418 g/mol. The van der Waals surface area contributed by atoms with Crippen molar-refractivity contribution in [3.63, 3.8) is 0 Å². The summed E-state index contributed by atoms with van der Waals surface area (Å²) in [5, 5.41) is 11.3. The van der Waals surface area contributed by atoms with Crippen LogP contribution < -0.4 is 15.9 Å². The Morgan fingerprint density at radius 2 is 2.25 bits per heavy atom. The molecule has 10 heteroatoms. The third-order valence-corrected chi connectivity index (χ3v) is 6.39. The molecular formula is C18H19N5O3S2. The SMILES string of the molecule is CN(CCO)Nc1ccc(Oc2sc(C(N)=O)c3c2-c2sncc2CC3)cn1. The lowest BCUT2D eigenvalue weighted by molar-refractivity contribution is 0.100. The highest BCUT2D eigenvalue weighted by Crippen LogP contribution is 2.49. The number of hydrogen-bond donors (Lipinski definition) is 3. The summed E-state index contributed by atoms with van der Waals surface area (Å²) in [7, 11) is 1.82. The molecule has 0 spiro atoms. The Balaban J connectivity index is 1.62. The smallest absolute Gasteiger partial charge is 0.259 e. The Bertz CT molecular complexity index is 999. The number of aromatic nitrogens is 2. The monoisotopic (exact) mass is 417 g/mol. The summed E-state index contributed by atoms with van der Waals surface area (Å²) in [4.78, 5) is 17.8. The molecule has 0 radical (unpaired) electrons. The van der Waals surface area contributed by atoms with Gasteiger partial charge >= 0.3 is 0 Å². The first-order chi connectivity index (χ1) is 13.6. The van der Waals surface area contributed by atoms with Crippen molar-refractivity contribution in [3.05, 3.63) is 40.5 Å². The fraction of sp³-hybridized carbons (Fsp3) is 0.278. The largest absolute Gasteiger partial charge is 0.444 e. The van der Waals surface area contributed by atoms with E-state index in [0.717, 1.165) is 28.8 Å². The molecule has 3 aromatic heterocycles. The maximum atomic E-state index is 11.9. The number of pyridine rings is 1. The zero-order valence-electron chi connectivity index (χ0n) is 15.1. The molecule has 0 unspecified atom stereocenters. The first-order valence-electron chi connectivity index (χ1n) is 8.68. The number of hydrogen-bond acceptors (Lipinski definition) is 9. The van der Waals surface area contributed by atoms with Crippen molar-refractivity contribution in [3.8, 4) is 21.3 Å². The molecule has 1 aliphatic carbocycles. The van der Waals surface area contributed by atoms with Crippen LogP contribution in [-0.2, 0) is 12.8 Å². The number of anilines is 1. The summed E-state index contributed by atoms with van der Waals surface area (Å²) in [5.41, 5.74) is 11.7.